The number of fused-ring (bicyclic) bond motifs is 1. The number of phenolic OH excluding ortho intramolecular Hbond substituents is 1. The van der Waals surface area contributed by atoms with Crippen LogP contribution in [0.3, 0.4) is 0 Å². The molecule has 1 heterocycles. The van der Waals surface area contributed by atoms with Gasteiger partial charge in [0.1, 0.15) is 11.4 Å². The molecule has 0 saturated heterocycles. The van der Waals surface area contributed by atoms with Crippen molar-refractivity contribution in [1.29, 1.82) is 0 Å². The Labute approximate surface area is 128 Å². The molecule has 21 heavy (non-hydrogen) atoms. The van der Waals surface area contributed by atoms with Crippen molar-refractivity contribution in [3.05, 3.63) is 68.5 Å². The van der Waals surface area contributed by atoms with Gasteiger partial charge in [-0.1, -0.05) is 34.1 Å². The van der Waals surface area contributed by atoms with Crippen LogP contribution in [0.2, 0.25) is 0 Å². The van der Waals surface area contributed by atoms with E-state index >= 15 is 0 Å². The number of hydrogen-bond donors (Lipinski definition) is 2. The second-order valence-corrected chi connectivity index (χ2v) is 5.45. The van der Waals surface area contributed by atoms with E-state index in [4.69, 9.17) is 0 Å². The van der Waals surface area contributed by atoms with Crippen LogP contribution in [0, 0.1) is 0 Å². The van der Waals surface area contributed by atoms with Crippen LogP contribution in [0.25, 0.3) is 23.2 Å². The minimum atomic E-state index is -0.236. The van der Waals surface area contributed by atoms with Gasteiger partial charge in [-0.3, -0.25) is 4.79 Å². The van der Waals surface area contributed by atoms with E-state index in [1.54, 1.807) is 42.5 Å². The number of nitrogens with zero attached hydrogens (tertiary/aromatic N) is 1. The second kappa shape index (κ2) is 5.54. The summed E-state index contributed by atoms with van der Waals surface area (Å²) in [5.74, 6) is 0.207. The van der Waals surface area contributed by atoms with Crippen LogP contribution in [-0.4, -0.2) is 15.1 Å². The lowest BCUT2D eigenvalue weighted by atomic mass is 10.2. The molecule has 2 N–H and O–H groups in total. The maximum Gasteiger partial charge on any atom is 0.274 e. The van der Waals surface area contributed by atoms with Crippen LogP contribution in [0.5, 0.6) is 5.75 Å². The quantitative estimate of drug-likeness (QED) is 0.748. The first-order valence-electron chi connectivity index (χ1n) is 6.28. The van der Waals surface area contributed by atoms with Crippen molar-refractivity contribution in [1.82, 2.24) is 9.97 Å². The molecule has 1 aromatic heterocycles. The van der Waals surface area contributed by atoms with Gasteiger partial charge >= 0.3 is 0 Å². The maximum absolute atomic E-state index is 12.0. The zero-order valence-electron chi connectivity index (χ0n) is 10.9. The van der Waals surface area contributed by atoms with Gasteiger partial charge in [-0.15, -0.1) is 0 Å². The molecule has 0 saturated carbocycles. The van der Waals surface area contributed by atoms with Crippen molar-refractivity contribution < 1.29 is 5.11 Å². The van der Waals surface area contributed by atoms with E-state index in [0.717, 1.165) is 10.0 Å². The number of hydrogen-bond acceptors (Lipinski definition) is 3. The van der Waals surface area contributed by atoms with Gasteiger partial charge in [0, 0.05) is 4.47 Å². The summed E-state index contributed by atoms with van der Waals surface area (Å²) in [6.45, 7) is 0. The first-order chi connectivity index (χ1) is 10.1. The molecule has 0 bridgehead atoms. The van der Waals surface area contributed by atoms with E-state index in [1.807, 2.05) is 12.1 Å². The Morgan fingerprint density at radius 3 is 2.62 bits per heavy atom. The predicted molar refractivity (Wildman–Crippen MR) is 87.1 cm³/mol. The third-order valence-electron chi connectivity index (χ3n) is 3.01. The first kappa shape index (κ1) is 13.6. The topological polar surface area (TPSA) is 66.0 Å². The molecule has 5 heteroatoms. The van der Waals surface area contributed by atoms with Crippen LogP contribution < -0.4 is 5.56 Å². The van der Waals surface area contributed by atoms with Crippen molar-refractivity contribution in [2.45, 2.75) is 0 Å². The smallest absolute Gasteiger partial charge is 0.274 e. The highest BCUT2D eigenvalue weighted by molar-refractivity contribution is 9.10. The number of nitrogens with one attached hydrogen (secondary N) is 1. The largest absolute Gasteiger partial charge is 0.508 e. The Balaban J connectivity index is 2.01. The summed E-state index contributed by atoms with van der Waals surface area (Å²) in [6.07, 6.45) is 3.44. The molecule has 0 unspecified atom stereocenters. The number of aromatic nitrogens is 2. The van der Waals surface area contributed by atoms with Gasteiger partial charge in [0.15, 0.2) is 0 Å². The van der Waals surface area contributed by atoms with Gasteiger partial charge in [0.25, 0.3) is 5.56 Å². The third-order valence-corrected chi connectivity index (χ3v) is 3.50. The monoisotopic (exact) mass is 342 g/mol. The molecule has 0 fully saturated rings. The Morgan fingerprint density at radius 2 is 1.86 bits per heavy atom. The lowest BCUT2D eigenvalue weighted by molar-refractivity contribution is 0.475. The first-order valence-corrected chi connectivity index (χ1v) is 7.08. The zero-order chi connectivity index (χ0) is 14.8. The van der Waals surface area contributed by atoms with Gasteiger partial charge in [-0.2, -0.15) is 0 Å². The second-order valence-electron chi connectivity index (χ2n) is 4.54. The van der Waals surface area contributed by atoms with Gasteiger partial charge < -0.3 is 10.1 Å². The highest BCUT2D eigenvalue weighted by atomic mass is 79.9. The summed E-state index contributed by atoms with van der Waals surface area (Å²) >= 11 is 3.38. The standard InChI is InChI=1S/C16H11BrN2O2/c17-11-4-8-13-15(9-11)18-14(16(21)19-13)7-3-10-1-5-12(20)6-2-10/h1-9,20H,(H,19,21)/b7-3+. The van der Waals surface area contributed by atoms with Crippen LogP contribution in [0.15, 0.2) is 51.7 Å². The van der Waals surface area contributed by atoms with E-state index in [0.29, 0.717) is 16.7 Å². The number of rotatable bonds is 2. The van der Waals surface area contributed by atoms with Crippen molar-refractivity contribution in [3.8, 4) is 5.75 Å². The summed E-state index contributed by atoms with van der Waals surface area (Å²) in [5.41, 5.74) is 2.40. The molecule has 3 rings (SSSR count). The van der Waals surface area contributed by atoms with Gasteiger partial charge in [0.05, 0.1) is 11.0 Å². The zero-order valence-corrected chi connectivity index (χ0v) is 12.5. The fourth-order valence-electron chi connectivity index (χ4n) is 1.94. The lowest BCUT2D eigenvalue weighted by Gasteiger charge is -2.00. The Kier molecular flexibility index (Phi) is 3.58. The normalized spacial score (nSPS) is 11.3. The molecule has 4 nitrogen and oxygen atoms in total. The molecule has 104 valence electrons. The number of benzene rings is 2. The minimum absolute atomic E-state index is 0.207. The summed E-state index contributed by atoms with van der Waals surface area (Å²) in [7, 11) is 0. The van der Waals surface area contributed by atoms with E-state index in [9.17, 15) is 9.90 Å². The Bertz CT molecular complexity index is 883. The fourth-order valence-corrected chi connectivity index (χ4v) is 2.29. The summed E-state index contributed by atoms with van der Waals surface area (Å²) < 4.78 is 0.906. The molecular formula is C16H11BrN2O2. The predicted octanol–water partition coefficient (Wildman–Crippen LogP) is 3.56. The van der Waals surface area contributed by atoms with E-state index in [-0.39, 0.29) is 11.3 Å². The van der Waals surface area contributed by atoms with Crippen LogP contribution in [0.4, 0.5) is 0 Å². The lowest BCUT2D eigenvalue weighted by Crippen LogP contribution is -2.11. The van der Waals surface area contributed by atoms with E-state index < -0.39 is 0 Å². The highest BCUT2D eigenvalue weighted by Crippen LogP contribution is 2.16. The average molecular weight is 343 g/mol. The molecule has 0 spiro atoms. The molecule has 0 amide bonds. The van der Waals surface area contributed by atoms with Crippen molar-refractivity contribution in [2.24, 2.45) is 0 Å². The van der Waals surface area contributed by atoms with Crippen LogP contribution in [0.1, 0.15) is 11.3 Å². The molecular weight excluding hydrogens is 332 g/mol. The highest BCUT2D eigenvalue weighted by Gasteiger charge is 2.02. The molecule has 0 aliphatic rings. The summed E-state index contributed by atoms with van der Waals surface area (Å²) in [4.78, 5) is 19.1. The van der Waals surface area contributed by atoms with Crippen molar-refractivity contribution >= 4 is 39.1 Å². The Hall–Kier alpha value is -2.40. The number of aromatic amines is 1. The van der Waals surface area contributed by atoms with Crippen molar-refractivity contribution in [2.75, 3.05) is 0 Å². The summed E-state index contributed by atoms with van der Waals surface area (Å²) in [5, 5.41) is 9.23. The third kappa shape index (κ3) is 3.03. The summed E-state index contributed by atoms with van der Waals surface area (Å²) in [6, 6.07) is 12.2. The molecule has 0 radical (unpaired) electrons. The fraction of sp³-hybridized carbons (Fsp3) is 0. The molecule has 2 aromatic carbocycles. The molecule has 0 atom stereocenters. The molecule has 3 aromatic rings. The van der Waals surface area contributed by atoms with Gasteiger partial charge in [0.2, 0.25) is 0 Å². The molecule has 0 aliphatic heterocycles. The van der Waals surface area contributed by atoms with E-state index in [1.165, 1.54) is 0 Å². The SMILES string of the molecule is O=c1[nH]c2ccc(Br)cc2nc1/C=C/c1ccc(O)cc1. The average Bonchev–Trinajstić information content (AvgIpc) is 2.47. The number of halogens is 1. The Morgan fingerprint density at radius 1 is 1.10 bits per heavy atom. The minimum Gasteiger partial charge on any atom is -0.508 e. The van der Waals surface area contributed by atoms with Gasteiger partial charge in [-0.25, -0.2) is 4.98 Å². The number of H-pyrrole nitrogens is 1. The van der Waals surface area contributed by atoms with Crippen molar-refractivity contribution in [3.63, 3.8) is 0 Å². The van der Waals surface area contributed by atoms with Crippen LogP contribution in [-0.2, 0) is 0 Å². The number of aromatic hydroxyl groups is 1. The van der Waals surface area contributed by atoms with E-state index in [2.05, 4.69) is 25.9 Å². The van der Waals surface area contributed by atoms with Crippen LogP contribution >= 0.6 is 15.9 Å². The maximum atomic E-state index is 12.0. The molecule has 0 aliphatic carbocycles. The number of phenols is 1. The van der Waals surface area contributed by atoms with Gasteiger partial charge in [-0.05, 0) is 42.0 Å².